The van der Waals surface area contributed by atoms with E-state index in [2.05, 4.69) is 4.98 Å². The van der Waals surface area contributed by atoms with Gasteiger partial charge in [0.2, 0.25) is 5.91 Å². The van der Waals surface area contributed by atoms with Gasteiger partial charge >= 0.3 is 5.69 Å². The zero-order valence-electron chi connectivity index (χ0n) is 19.1. The van der Waals surface area contributed by atoms with Crippen molar-refractivity contribution in [3.05, 3.63) is 96.7 Å². The summed E-state index contributed by atoms with van der Waals surface area (Å²) in [5.74, 6) is -0.264. The first-order chi connectivity index (χ1) is 16.2. The van der Waals surface area contributed by atoms with Crippen LogP contribution < -0.4 is 21.9 Å². The van der Waals surface area contributed by atoms with Crippen LogP contribution in [0.2, 0.25) is 0 Å². The van der Waals surface area contributed by atoms with Crippen LogP contribution in [0.4, 0.5) is 17.2 Å². The van der Waals surface area contributed by atoms with Gasteiger partial charge in [-0.15, -0.1) is 0 Å². The van der Waals surface area contributed by atoms with Gasteiger partial charge in [0.15, 0.2) is 5.69 Å². The van der Waals surface area contributed by atoms with Gasteiger partial charge in [0.25, 0.3) is 11.2 Å². The second kappa shape index (κ2) is 10.6. The Morgan fingerprint density at radius 3 is 2.32 bits per heavy atom. The van der Waals surface area contributed by atoms with Crippen molar-refractivity contribution >= 4 is 23.1 Å². The molecule has 1 amide bonds. The van der Waals surface area contributed by atoms with Gasteiger partial charge < -0.3 is 10.6 Å². The summed E-state index contributed by atoms with van der Waals surface area (Å²) in [6.07, 6.45) is 0.509. The van der Waals surface area contributed by atoms with E-state index in [1.54, 1.807) is 0 Å². The van der Waals surface area contributed by atoms with E-state index in [4.69, 9.17) is 5.73 Å². The number of rotatable bonds is 9. The van der Waals surface area contributed by atoms with Gasteiger partial charge in [-0.2, -0.15) is 0 Å². The van der Waals surface area contributed by atoms with Gasteiger partial charge in [-0.25, -0.2) is 4.79 Å². The Morgan fingerprint density at radius 2 is 1.74 bits per heavy atom. The van der Waals surface area contributed by atoms with E-state index < -0.39 is 22.1 Å². The number of non-ortho nitro benzene ring substituents is 1. The smallest absolute Gasteiger partial charge is 0.330 e. The van der Waals surface area contributed by atoms with Gasteiger partial charge in [-0.3, -0.25) is 29.3 Å². The van der Waals surface area contributed by atoms with Crippen molar-refractivity contribution in [3.8, 4) is 0 Å². The number of anilines is 2. The Kier molecular flexibility index (Phi) is 7.62. The number of carbonyl (C=O) groups excluding carboxylic acids is 1. The average molecular weight is 466 g/mol. The zero-order chi connectivity index (χ0) is 24.8. The number of H-pyrrole nitrogens is 1. The minimum atomic E-state index is -0.743. The molecular formula is C24H27N5O5. The molecule has 10 heteroatoms. The number of benzene rings is 2. The number of hydrogen-bond acceptors (Lipinski definition) is 6. The highest BCUT2D eigenvalue weighted by molar-refractivity contribution is 5.96. The van der Waals surface area contributed by atoms with Crippen molar-refractivity contribution < 1.29 is 9.72 Å². The second-order valence-corrected chi connectivity index (χ2v) is 8.39. The van der Waals surface area contributed by atoms with E-state index in [0.29, 0.717) is 12.0 Å². The molecule has 34 heavy (non-hydrogen) atoms. The normalized spacial score (nSPS) is 10.9. The molecule has 0 bridgehead atoms. The summed E-state index contributed by atoms with van der Waals surface area (Å²) in [4.78, 5) is 52.6. The Hall–Kier alpha value is -4.21. The lowest BCUT2D eigenvalue weighted by Crippen LogP contribution is -2.42. The molecule has 10 nitrogen and oxygen atoms in total. The van der Waals surface area contributed by atoms with Crippen LogP contribution in [-0.4, -0.2) is 26.9 Å². The Balaban J connectivity index is 1.99. The third kappa shape index (κ3) is 5.77. The first-order valence-corrected chi connectivity index (χ1v) is 10.9. The summed E-state index contributed by atoms with van der Waals surface area (Å²) in [6, 6.07) is 14.8. The third-order valence-corrected chi connectivity index (χ3v) is 5.40. The highest BCUT2D eigenvalue weighted by atomic mass is 16.6. The molecule has 3 N–H and O–H groups in total. The van der Waals surface area contributed by atoms with Crippen molar-refractivity contribution in [3.63, 3.8) is 0 Å². The van der Waals surface area contributed by atoms with E-state index in [1.807, 2.05) is 44.2 Å². The van der Waals surface area contributed by atoms with Crippen LogP contribution in [-0.2, 0) is 17.8 Å². The molecule has 178 valence electrons. The lowest BCUT2D eigenvalue weighted by molar-refractivity contribution is -0.384. The highest BCUT2D eigenvalue weighted by Gasteiger charge is 2.25. The molecular weight excluding hydrogens is 438 g/mol. The minimum Gasteiger partial charge on any atom is -0.383 e. The van der Waals surface area contributed by atoms with Crippen molar-refractivity contribution in [1.82, 2.24) is 9.55 Å². The van der Waals surface area contributed by atoms with Crippen LogP contribution in [0.3, 0.4) is 0 Å². The van der Waals surface area contributed by atoms with E-state index in [1.165, 1.54) is 33.7 Å². The standard InChI is InChI=1S/C24H27N5O5/c1-16(2)12-13-27(20(30)14-17-8-10-19(11-9-17)29(33)34)21-22(25)28(24(32)26-23(21)31)15-18-6-4-3-5-7-18/h3-11,16H,12-15,25H2,1-2H3,(H,26,31,32). The topological polar surface area (TPSA) is 144 Å². The molecule has 0 aliphatic heterocycles. The average Bonchev–Trinajstić information content (AvgIpc) is 2.79. The maximum Gasteiger partial charge on any atom is 0.330 e. The summed E-state index contributed by atoms with van der Waals surface area (Å²) >= 11 is 0. The summed E-state index contributed by atoms with van der Waals surface area (Å²) in [5.41, 5.74) is 6.09. The van der Waals surface area contributed by atoms with Crippen LogP contribution in [0.15, 0.2) is 64.2 Å². The summed E-state index contributed by atoms with van der Waals surface area (Å²) in [5, 5.41) is 10.9. The van der Waals surface area contributed by atoms with Crippen LogP contribution in [0.1, 0.15) is 31.4 Å². The van der Waals surface area contributed by atoms with Gasteiger partial charge in [-0.1, -0.05) is 56.3 Å². The number of aromatic amines is 1. The predicted molar refractivity (Wildman–Crippen MR) is 130 cm³/mol. The van der Waals surface area contributed by atoms with Gasteiger partial charge in [-0.05, 0) is 23.5 Å². The van der Waals surface area contributed by atoms with Crippen LogP contribution in [0, 0.1) is 16.0 Å². The number of hydrogen-bond donors (Lipinski definition) is 2. The zero-order valence-corrected chi connectivity index (χ0v) is 19.1. The number of amides is 1. The fourth-order valence-electron chi connectivity index (χ4n) is 3.52. The molecule has 0 spiro atoms. The molecule has 0 fully saturated rings. The molecule has 0 aliphatic carbocycles. The molecule has 2 aromatic carbocycles. The van der Waals surface area contributed by atoms with E-state index in [0.717, 1.165) is 5.56 Å². The molecule has 0 saturated heterocycles. The molecule has 0 saturated carbocycles. The monoisotopic (exact) mass is 465 g/mol. The fourth-order valence-corrected chi connectivity index (χ4v) is 3.52. The van der Waals surface area contributed by atoms with Crippen LogP contribution in [0.5, 0.6) is 0 Å². The number of nitrogens with two attached hydrogens (primary N) is 1. The maximum atomic E-state index is 13.3. The van der Waals surface area contributed by atoms with Crippen molar-refractivity contribution in [1.29, 1.82) is 0 Å². The molecule has 1 aromatic heterocycles. The second-order valence-electron chi connectivity index (χ2n) is 8.39. The Morgan fingerprint density at radius 1 is 1.09 bits per heavy atom. The Labute approximate surface area is 195 Å². The molecule has 0 atom stereocenters. The number of nitrogens with one attached hydrogen (secondary N) is 1. The number of nitrogen functional groups attached to an aromatic ring is 1. The van der Waals surface area contributed by atoms with E-state index in [-0.39, 0.29) is 42.6 Å². The molecule has 0 radical (unpaired) electrons. The quantitative estimate of drug-likeness (QED) is 0.367. The molecule has 0 aliphatic rings. The largest absolute Gasteiger partial charge is 0.383 e. The van der Waals surface area contributed by atoms with Crippen LogP contribution in [0.25, 0.3) is 0 Å². The summed E-state index contributed by atoms with van der Waals surface area (Å²) in [7, 11) is 0. The molecule has 1 heterocycles. The Bertz CT molecular complexity index is 1280. The van der Waals surface area contributed by atoms with Crippen molar-refractivity contribution in [2.45, 2.75) is 33.2 Å². The van der Waals surface area contributed by atoms with Gasteiger partial charge in [0.1, 0.15) is 5.82 Å². The third-order valence-electron chi connectivity index (χ3n) is 5.40. The lowest BCUT2D eigenvalue weighted by Gasteiger charge is -2.25. The van der Waals surface area contributed by atoms with Gasteiger partial charge in [0.05, 0.1) is 17.9 Å². The number of nitrogens with zero attached hydrogens (tertiary/aromatic N) is 3. The van der Waals surface area contributed by atoms with Crippen molar-refractivity contribution in [2.24, 2.45) is 5.92 Å². The van der Waals surface area contributed by atoms with Crippen LogP contribution >= 0.6 is 0 Å². The predicted octanol–water partition coefficient (Wildman–Crippen LogP) is 2.70. The summed E-state index contributed by atoms with van der Waals surface area (Å²) < 4.78 is 1.23. The summed E-state index contributed by atoms with van der Waals surface area (Å²) in [6.45, 7) is 4.33. The van der Waals surface area contributed by atoms with Gasteiger partial charge in [0, 0.05) is 18.7 Å². The first kappa shape index (κ1) is 24.4. The number of aromatic nitrogens is 2. The number of carbonyl (C=O) groups is 1. The number of nitro benzene ring substituents is 1. The van der Waals surface area contributed by atoms with E-state index >= 15 is 0 Å². The number of nitro groups is 1. The fraction of sp³-hybridized carbons (Fsp3) is 0.292. The SMILES string of the molecule is CC(C)CCN(C(=O)Cc1ccc([N+](=O)[O-])cc1)c1c(N)n(Cc2ccccc2)c(=O)[nH]c1=O. The lowest BCUT2D eigenvalue weighted by atomic mass is 10.1. The molecule has 3 rings (SSSR count). The maximum absolute atomic E-state index is 13.3. The molecule has 0 unspecified atom stereocenters. The van der Waals surface area contributed by atoms with Crippen molar-refractivity contribution in [2.75, 3.05) is 17.2 Å². The van der Waals surface area contributed by atoms with E-state index in [9.17, 15) is 24.5 Å². The highest BCUT2D eigenvalue weighted by Crippen LogP contribution is 2.21. The first-order valence-electron chi connectivity index (χ1n) is 10.9. The molecule has 3 aromatic rings. The minimum absolute atomic E-state index is 0.0805.